The van der Waals surface area contributed by atoms with E-state index in [1.807, 2.05) is 48.5 Å². The SMILES string of the molecule is COc1ncccc1-c1ccc(C2(NC(=O)C(C#N)=Cc3ncc(Br)cc3Br)CCCC2)cc1. The molecule has 0 unspecified atom stereocenters. The van der Waals surface area contributed by atoms with Gasteiger partial charge in [0, 0.05) is 26.9 Å². The van der Waals surface area contributed by atoms with E-state index in [1.165, 1.54) is 6.08 Å². The Labute approximate surface area is 215 Å². The van der Waals surface area contributed by atoms with E-state index in [0.29, 0.717) is 16.0 Å². The highest BCUT2D eigenvalue weighted by Gasteiger charge is 2.37. The molecule has 34 heavy (non-hydrogen) atoms. The number of aromatic nitrogens is 2. The summed E-state index contributed by atoms with van der Waals surface area (Å²) < 4.78 is 6.89. The summed E-state index contributed by atoms with van der Waals surface area (Å²) in [5.74, 6) is 0.162. The molecule has 0 aliphatic heterocycles. The van der Waals surface area contributed by atoms with Gasteiger partial charge in [0.05, 0.1) is 18.3 Å². The van der Waals surface area contributed by atoms with Crippen molar-refractivity contribution in [3.8, 4) is 23.1 Å². The molecule has 0 saturated heterocycles. The van der Waals surface area contributed by atoms with Crippen LogP contribution in [0.1, 0.15) is 36.9 Å². The maximum absolute atomic E-state index is 13.2. The van der Waals surface area contributed by atoms with Crippen LogP contribution in [0.5, 0.6) is 5.88 Å². The van der Waals surface area contributed by atoms with E-state index in [2.05, 4.69) is 47.1 Å². The fraction of sp³-hybridized carbons (Fsp3) is 0.231. The van der Waals surface area contributed by atoms with Crippen molar-refractivity contribution in [3.63, 3.8) is 0 Å². The van der Waals surface area contributed by atoms with E-state index in [-0.39, 0.29) is 5.57 Å². The van der Waals surface area contributed by atoms with Crippen LogP contribution in [0.15, 0.2) is 69.4 Å². The number of carbonyl (C=O) groups is 1. The van der Waals surface area contributed by atoms with Crippen LogP contribution in [0.4, 0.5) is 0 Å². The Bertz CT molecular complexity index is 1280. The van der Waals surface area contributed by atoms with Gasteiger partial charge >= 0.3 is 0 Å². The zero-order valence-corrected chi connectivity index (χ0v) is 21.7. The molecule has 6 nitrogen and oxygen atoms in total. The maximum Gasteiger partial charge on any atom is 0.262 e. The minimum absolute atomic E-state index is 0.0125. The van der Waals surface area contributed by atoms with Gasteiger partial charge in [0.15, 0.2) is 0 Å². The highest BCUT2D eigenvalue weighted by Crippen LogP contribution is 2.40. The van der Waals surface area contributed by atoms with Crippen LogP contribution in [0.25, 0.3) is 17.2 Å². The monoisotopic (exact) mass is 580 g/mol. The average Bonchev–Trinajstić information content (AvgIpc) is 3.33. The van der Waals surface area contributed by atoms with Gasteiger partial charge in [0.1, 0.15) is 11.6 Å². The minimum atomic E-state index is -0.519. The lowest BCUT2D eigenvalue weighted by Crippen LogP contribution is -2.44. The van der Waals surface area contributed by atoms with Gasteiger partial charge in [-0.05, 0) is 80.1 Å². The number of rotatable bonds is 6. The molecule has 1 aliphatic carbocycles. The number of hydrogen-bond donors (Lipinski definition) is 1. The molecule has 1 N–H and O–H groups in total. The minimum Gasteiger partial charge on any atom is -0.481 e. The number of nitriles is 1. The number of pyridine rings is 2. The molecule has 2 aromatic heterocycles. The standard InChI is InChI=1S/C26H22Br2N4O2/c1-34-25-21(5-4-12-30-25)17-6-8-19(9-7-17)26(10-2-3-11-26)32-24(33)18(15-29)13-23-22(28)14-20(27)16-31-23/h4-9,12-14,16H,2-3,10-11H2,1H3,(H,32,33). The molecule has 1 amide bonds. The summed E-state index contributed by atoms with van der Waals surface area (Å²) >= 11 is 6.79. The smallest absolute Gasteiger partial charge is 0.262 e. The van der Waals surface area contributed by atoms with Gasteiger partial charge in [0.2, 0.25) is 5.88 Å². The number of nitrogens with one attached hydrogen (secondary N) is 1. The molecule has 1 fully saturated rings. The van der Waals surface area contributed by atoms with Gasteiger partial charge in [-0.25, -0.2) is 4.98 Å². The van der Waals surface area contributed by atoms with Crippen molar-refractivity contribution in [1.29, 1.82) is 5.26 Å². The highest BCUT2D eigenvalue weighted by atomic mass is 79.9. The Morgan fingerprint density at radius 3 is 2.56 bits per heavy atom. The fourth-order valence-corrected chi connectivity index (χ4v) is 5.41. The second-order valence-electron chi connectivity index (χ2n) is 8.07. The van der Waals surface area contributed by atoms with E-state index >= 15 is 0 Å². The summed E-state index contributed by atoms with van der Waals surface area (Å²) in [6, 6.07) is 15.8. The Balaban J connectivity index is 1.62. The second-order valence-corrected chi connectivity index (χ2v) is 9.84. The van der Waals surface area contributed by atoms with Gasteiger partial charge in [-0.2, -0.15) is 5.26 Å². The lowest BCUT2D eigenvalue weighted by atomic mass is 9.86. The number of nitrogens with zero attached hydrogens (tertiary/aromatic N) is 3. The molecule has 0 radical (unpaired) electrons. The Kier molecular flexibility index (Phi) is 7.44. The van der Waals surface area contributed by atoms with Crippen molar-refractivity contribution in [1.82, 2.24) is 15.3 Å². The number of ether oxygens (including phenoxy) is 1. The van der Waals surface area contributed by atoms with Crippen LogP contribution < -0.4 is 10.1 Å². The molecule has 0 atom stereocenters. The molecule has 8 heteroatoms. The quantitative estimate of drug-likeness (QED) is 0.278. The van der Waals surface area contributed by atoms with E-state index in [1.54, 1.807) is 19.5 Å². The first-order chi connectivity index (χ1) is 16.5. The van der Waals surface area contributed by atoms with Crippen molar-refractivity contribution in [2.24, 2.45) is 0 Å². The van der Waals surface area contributed by atoms with Crippen molar-refractivity contribution in [2.75, 3.05) is 7.11 Å². The molecule has 2 heterocycles. The van der Waals surface area contributed by atoms with Crippen molar-refractivity contribution >= 4 is 43.8 Å². The molecule has 0 spiro atoms. The zero-order chi connectivity index (χ0) is 24.1. The third kappa shape index (κ3) is 5.06. The Morgan fingerprint density at radius 2 is 1.91 bits per heavy atom. The topological polar surface area (TPSA) is 87.9 Å². The lowest BCUT2D eigenvalue weighted by Gasteiger charge is -2.31. The largest absolute Gasteiger partial charge is 0.481 e. The molecular formula is C26H22Br2N4O2. The zero-order valence-electron chi connectivity index (χ0n) is 18.5. The molecule has 1 saturated carbocycles. The lowest BCUT2D eigenvalue weighted by molar-refractivity contribution is -0.119. The molecule has 0 bridgehead atoms. The van der Waals surface area contributed by atoms with Crippen molar-refractivity contribution in [2.45, 2.75) is 31.2 Å². The normalized spacial score (nSPS) is 14.9. The van der Waals surface area contributed by atoms with Gasteiger partial charge in [0.25, 0.3) is 5.91 Å². The molecular weight excluding hydrogens is 560 g/mol. The van der Waals surface area contributed by atoms with E-state index < -0.39 is 11.4 Å². The summed E-state index contributed by atoms with van der Waals surface area (Å²) in [7, 11) is 1.60. The number of benzene rings is 1. The van der Waals surface area contributed by atoms with Crippen LogP contribution in [-0.2, 0) is 10.3 Å². The van der Waals surface area contributed by atoms with Crippen LogP contribution in [0.3, 0.4) is 0 Å². The first-order valence-corrected chi connectivity index (χ1v) is 12.4. The number of halogens is 2. The van der Waals surface area contributed by atoms with Crippen LogP contribution in [-0.4, -0.2) is 23.0 Å². The van der Waals surface area contributed by atoms with Gasteiger partial charge in [-0.1, -0.05) is 37.1 Å². The van der Waals surface area contributed by atoms with Gasteiger partial charge in [-0.3, -0.25) is 9.78 Å². The Morgan fingerprint density at radius 1 is 1.18 bits per heavy atom. The van der Waals surface area contributed by atoms with Crippen molar-refractivity contribution < 1.29 is 9.53 Å². The third-order valence-corrected chi connectivity index (χ3v) is 7.07. The summed E-state index contributed by atoms with van der Waals surface area (Å²) in [4.78, 5) is 21.7. The Hall–Kier alpha value is -3.02. The van der Waals surface area contributed by atoms with Crippen LogP contribution in [0, 0.1) is 11.3 Å². The number of methoxy groups -OCH3 is 1. The summed E-state index contributed by atoms with van der Waals surface area (Å²) in [6.07, 6.45) is 8.46. The van der Waals surface area contributed by atoms with E-state index in [4.69, 9.17) is 4.74 Å². The first kappa shape index (κ1) is 24.1. The third-order valence-electron chi connectivity index (χ3n) is 6.01. The van der Waals surface area contributed by atoms with Crippen LogP contribution >= 0.6 is 31.9 Å². The predicted molar refractivity (Wildman–Crippen MR) is 138 cm³/mol. The van der Waals surface area contributed by atoms with Gasteiger partial charge in [-0.15, -0.1) is 0 Å². The molecule has 3 aromatic rings. The maximum atomic E-state index is 13.2. The molecule has 4 rings (SSSR count). The molecule has 172 valence electrons. The summed E-state index contributed by atoms with van der Waals surface area (Å²) in [6.45, 7) is 0. The van der Waals surface area contributed by atoms with Crippen molar-refractivity contribution in [3.05, 3.63) is 80.6 Å². The van der Waals surface area contributed by atoms with E-state index in [0.717, 1.165) is 46.8 Å². The summed E-state index contributed by atoms with van der Waals surface area (Å²) in [5.41, 5.74) is 2.92. The summed E-state index contributed by atoms with van der Waals surface area (Å²) in [5, 5.41) is 12.9. The molecule has 1 aromatic carbocycles. The highest BCUT2D eigenvalue weighted by molar-refractivity contribution is 9.11. The average molecular weight is 582 g/mol. The van der Waals surface area contributed by atoms with E-state index in [9.17, 15) is 10.1 Å². The predicted octanol–water partition coefficient (Wildman–Crippen LogP) is 6.17. The number of hydrogen-bond acceptors (Lipinski definition) is 5. The molecule has 1 aliphatic rings. The van der Waals surface area contributed by atoms with Crippen LogP contribution in [0.2, 0.25) is 0 Å². The number of carbonyl (C=O) groups excluding carboxylic acids is 1. The first-order valence-electron chi connectivity index (χ1n) is 10.8. The fourth-order valence-electron chi connectivity index (χ4n) is 4.31. The van der Waals surface area contributed by atoms with Gasteiger partial charge < -0.3 is 10.1 Å². The number of amides is 1. The second kappa shape index (κ2) is 10.5.